The molecule has 0 fully saturated rings. The zero-order chi connectivity index (χ0) is 19.3. The van der Waals surface area contributed by atoms with E-state index in [0.717, 1.165) is 36.8 Å². The van der Waals surface area contributed by atoms with Crippen molar-refractivity contribution in [2.24, 2.45) is 4.99 Å². The van der Waals surface area contributed by atoms with Crippen LogP contribution in [0.1, 0.15) is 23.6 Å². The first-order chi connectivity index (χ1) is 13.2. The number of nitrogens with zero attached hydrogens (tertiary/aromatic N) is 1. The van der Waals surface area contributed by atoms with E-state index in [1.54, 1.807) is 7.11 Å². The van der Waals surface area contributed by atoms with E-state index in [1.165, 1.54) is 11.1 Å². The molecular weight excluding hydrogens is 465 g/mol. The van der Waals surface area contributed by atoms with E-state index >= 15 is 0 Å². The summed E-state index contributed by atoms with van der Waals surface area (Å²) in [7, 11) is 1.68. The Balaban J connectivity index is 0.00000392. The maximum atomic E-state index is 5.85. The van der Waals surface area contributed by atoms with Gasteiger partial charge in [0.05, 0.1) is 13.2 Å². The summed E-state index contributed by atoms with van der Waals surface area (Å²) in [6, 6.07) is 16.7. The SMILES string of the molecule is CCNC(=NCc1ccc(C)cc1OCCOC)NCCc1ccccc1.I. The number of hydrogen-bond acceptors (Lipinski definition) is 3. The van der Waals surface area contributed by atoms with Crippen molar-refractivity contribution in [2.75, 3.05) is 33.4 Å². The largest absolute Gasteiger partial charge is 0.491 e. The lowest BCUT2D eigenvalue weighted by molar-refractivity contribution is 0.145. The lowest BCUT2D eigenvalue weighted by Crippen LogP contribution is -2.38. The summed E-state index contributed by atoms with van der Waals surface area (Å²) >= 11 is 0. The molecule has 2 N–H and O–H groups in total. The summed E-state index contributed by atoms with van der Waals surface area (Å²) in [5.74, 6) is 1.69. The van der Waals surface area contributed by atoms with Crippen LogP contribution < -0.4 is 15.4 Å². The van der Waals surface area contributed by atoms with Gasteiger partial charge in [0.25, 0.3) is 0 Å². The van der Waals surface area contributed by atoms with Crippen LogP contribution in [0.2, 0.25) is 0 Å². The molecule has 0 bridgehead atoms. The standard InChI is InChI=1S/C22H31N3O2.HI/c1-4-23-22(24-13-12-19-8-6-5-7-9-19)25-17-20-11-10-18(2)16-21(20)27-15-14-26-3;/h5-11,16H,4,12-15,17H2,1-3H3,(H2,23,24,25);1H. The van der Waals surface area contributed by atoms with E-state index in [1.807, 2.05) is 6.07 Å². The highest BCUT2D eigenvalue weighted by Crippen LogP contribution is 2.21. The number of aryl methyl sites for hydroxylation is 1. The van der Waals surface area contributed by atoms with Gasteiger partial charge in [-0.2, -0.15) is 0 Å². The molecule has 0 amide bonds. The molecule has 0 aliphatic heterocycles. The first kappa shape index (κ1) is 24.2. The highest BCUT2D eigenvalue weighted by Gasteiger charge is 2.05. The van der Waals surface area contributed by atoms with Crippen molar-refractivity contribution >= 4 is 29.9 Å². The van der Waals surface area contributed by atoms with Gasteiger partial charge in [-0.05, 0) is 37.5 Å². The second-order valence-electron chi connectivity index (χ2n) is 6.31. The molecule has 28 heavy (non-hydrogen) atoms. The summed E-state index contributed by atoms with van der Waals surface area (Å²) in [6.07, 6.45) is 0.959. The third-order valence-corrected chi connectivity index (χ3v) is 4.07. The molecule has 0 aliphatic rings. The van der Waals surface area contributed by atoms with Crippen molar-refractivity contribution in [3.63, 3.8) is 0 Å². The number of guanidine groups is 1. The molecule has 0 radical (unpaired) electrons. The molecule has 2 rings (SSSR count). The van der Waals surface area contributed by atoms with Crippen molar-refractivity contribution in [3.05, 3.63) is 65.2 Å². The molecule has 0 aliphatic carbocycles. The third kappa shape index (κ3) is 8.93. The molecule has 5 nitrogen and oxygen atoms in total. The Labute approximate surface area is 186 Å². The van der Waals surface area contributed by atoms with Crippen LogP contribution in [0.4, 0.5) is 0 Å². The minimum absolute atomic E-state index is 0. The van der Waals surface area contributed by atoms with Crippen LogP contribution >= 0.6 is 24.0 Å². The molecular formula is C22H32IN3O2. The first-order valence-corrected chi connectivity index (χ1v) is 9.50. The van der Waals surface area contributed by atoms with Gasteiger partial charge in [0.1, 0.15) is 12.4 Å². The molecule has 2 aromatic carbocycles. The van der Waals surface area contributed by atoms with Gasteiger partial charge in [-0.1, -0.05) is 42.5 Å². The van der Waals surface area contributed by atoms with Gasteiger partial charge in [0, 0.05) is 25.8 Å². The van der Waals surface area contributed by atoms with Crippen LogP contribution in [0.5, 0.6) is 5.75 Å². The predicted molar refractivity (Wildman–Crippen MR) is 127 cm³/mol. The van der Waals surface area contributed by atoms with Crippen LogP contribution in [-0.4, -0.2) is 39.4 Å². The van der Waals surface area contributed by atoms with Gasteiger partial charge in [-0.3, -0.25) is 0 Å². The van der Waals surface area contributed by atoms with Gasteiger partial charge >= 0.3 is 0 Å². The van der Waals surface area contributed by atoms with Crippen LogP contribution in [-0.2, 0) is 17.7 Å². The summed E-state index contributed by atoms with van der Waals surface area (Å²) in [4.78, 5) is 4.72. The van der Waals surface area contributed by atoms with Gasteiger partial charge in [0.2, 0.25) is 0 Å². The normalized spacial score (nSPS) is 10.9. The summed E-state index contributed by atoms with van der Waals surface area (Å²) in [5, 5.41) is 6.70. The number of hydrogen-bond donors (Lipinski definition) is 2. The second-order valence-corrected chi connectivity index (χ2v) is 6.31. The molecule has 0 saturated carbocycles. The number of halogens is 1. The molecule has 0 atom stereocenters. The van der Waals surface area contributed by atoms with E-state index in [-0.39, 0.29) is 24.0 Å². The fourth-order valence-electron chi connectivity index (χ4n) is 2.64. The fourth-order valence-corrected chi connectivity index (χ4v) is 2.64. The van der Waals surface area contributed by atoms with Crippen LogP contribution in [0.25, 0.3) is 0 Å². The quantitative estimate of drug-likeness (QED) is 0.226. The Morgan fingerprint density at radius 1 is 1.04 bits per heavy atom. The molecule has 0 saturated heterocycles. The number of ether oxygens (including phenoxy) is 2. The second kappa shape index (κ2) is 14.2. The van der Waals surface area contributed by atoms with Gasteiger partial charge in [0.15, 0.2) is 5.96 Å². The topological polar surface area (TPSA) is 54.9 Å². The maximum Gasteiger partial charge on any atom is 0.191 e. The average Bonchev–Trinajstić information content (AvgIpc) is 2.68. The molecule has 0 heterocycles. The Morgan fingerprint density at radius 2 is 1.82 bits per heavy atom. The Bertz CT molecular complexity index is 708. The maximum absolute atomic E-state index is 5.85. The van der Waals surface area contributed by atoms with Crippen LogP contribution in [0.3, 0.4) is 0 Å². The number of rotatable bonds is 10. The van der Waals surface area contributed by atoms with Crippen molar-refractivity contribution in [1.29, 1.82) is 0 Å². The zero-order valence-electron chi connectivity index (χ0n) is 17.0. The van der Waals surface area contributed by atoms with Gasteiger partial charge in [-0.15, -0.1) is 24.0 Å². The molecule has 2 aromatic rings. The first-order valence-electron chi connectivity index (χ1n) is 9.50. The highest BCUT2D eigenvalue weighted by molar-refractivity contribution is 14.0. The average molecular weight is 497 g/mol. The smallest absolute Gasteiger partial charge is 0.191 e. The van der Waals surface area contributed by atoms with Crippen molar-refractivity contribution in [3.8, 4) is 5.75 Å². The van der Waals surface area contributed by atoms with Gasteiger partial charge < -0.3 is 20.1 Å². The van der Waals surface area contributed by atoms with E-state index in [4.69, 9.17) is 14.5 Å². The van der Waals surface area contributed by atoms with Gasteiger partial charge in [-0.25, -0.2) is 4.99 Å². The number of methoxy groups -OCH3 is 1. The minimum Gasteiger partial charge on any atom is -0.491 e. The van der Waals surface area contributed by atoms with Crippen LogP contribution in [0.15, 0.2) is 53.5 Å². The molecule has 0 unspecified atom stereocenters. The lowest BCUT2D eigenvalue weighted by atomic mass is 10.1. The lowest BCUT2D eigenvalue weighted by Gasteiger charge is -2.13. The van der Waals surface area contributed by atoms with Crippen molar-refractivity contribution in [2.45, 2.75) is 26.8 Å². The van der Waals surface area contributed by atoms with E-state index in [9.17, 15) is 0 Å². The van der Waals surface area contributed by atoms with E-state index < -0.39 is 0 Å². The fraction of sp³-hybridized carbons (Fsp3) is 0.409. The van der Waals surface area contributed by atoms with Crippen molar-refractivity contribution in [1.82, 2.24) is 10.6 Å². The molecule has 6 heteroatoms. The zero-order valence-corrected chi connectivity index (χ0v) is 19.4. The Morgan fingerprint density at radius 3 is 2.54 bits per heavy atom. The van der Waals surface area contributed by atoms with Crippen LogP contribution in [0, 0.1) is 6.92 Å². The third-order valence-electron chi connectivity index (χ3n) is 4.07. The Kier molecular flexibility index (Phi) is 12.3. The summed E-state index contributed by atoms with van der Waals surface area (Å²) in [5.41, 5.74) is 3.55. The molecule has 0 spiro atoms. The molecule has 0 aromatic heterocycles. The predicted octanol–water partition coefficient (Wildman–Crippen LogP) is 3.94. The number of nitrogens with one attached hydrogen (secondary N) is 2. The number of benzene rings is 2. The summed E-state index contributed by atoms with van der Waals surface area (Å²) < 4.78 is 10.9. The highest BCUT2D eigenvalue weighted by atomic mass is 127. The minimum atomic E-state index is 0. The van der Waals surface area contributed by atoms with E-state index in [2.05, 4.69) is 66.9 Å². The monoisotopic (exact) mass is 497 g/mol. The Hall–Kier alpha value is -1.80. The summed E-state index contributed by atoms with van der Waals surface area (Å²) in [6.45, 7) is 7.45. The van der Waals surface area contributed by atoms with E-state index in [0.29, 0.717) is 19.8 Å². The molecule has 154 valence electrons. The number of aliphatic imine (C=N–C) groups is 1. The van der Waals surface area contributed by atoms with Crippen molar-refractivity contribution < 1.29 is 9.47 Å².